The lowest BCUT2D eigenvalue weighted by Crippen LogP contribution is -2.62. The first-order valence-corrected chi connectivity index (χ1v) is 8.08. The van der Waals surface area contributed by atoms with Crippen LogP contribution in [-0.4, -0.2) is 54.1 Å². The Balaban J connectivity index is 1.97. The molecule has 2 heterocycles. The van der Waals surface area contributed by atoms with Crippen LogP contribution in [0.5, 0.6) is 0 Å². The second kappa shape index (κ2) is 5.71. The lowest BCUT2D eigenvalue weighted by Gasteiger charge is -2.52. The van der Waals surface area contributed by atoms with Crippen LogP contribution in [0.3, 0.4) is 0 Å². The van der Waals surface area contributed by atoms with E-state index in [0.29, 0.717) is 17.0 Å². The van der Waals surface area contributed by atoms with Crippen LogP contribution in [-0.2, 0) is 0 Å². The van der Waals surface area contributed by atoms with Crippen molar-refractivity contribution in [2.24, 2.45) is 11.1 Å². The van der Waals surface area contributed by atoms with E-state index < -0.39 is 0 Å². The molecule has 0 unspecified atom stereocenters. The van der Waals surface area contributed by atoms with E-state index in [1.54, 1.807) is 0 Å². The lowest BCUT2D eigenvalue weighted by molar-refractivity contribution is -0.0142. The summed E-state index contributed by atoms with van der Waals surface area (Å²) in [5.41, 5.74) is 7.02. The molecule has 112 valence electrons. The van der Waals surface area contributed by atoms with Gasteiger partial charge in [0.05, 0.1) is 0 Å². The Hall–Kier alpha value is -0.120. The second-order valence-electron chi connectivity index (χ2n) is 7.71. The van der Waals surface area contributed by atoms with Gasteiger partial charge in [-0.25, -0.2) is 0 Å². The number of rotatable bonds is 3. The van der Waals surface area contributed by atoms with Crippen LogP contribution in [0, 0.1) is 5.41 Å². The number of piperidine rings is 2. The topological polar surface area (TPSA) is 32.5 Å². The van der Waals surface area contributed by atoms with Crippen molar-refractivity contribution in [1.82, 2.24) is 9.80 Å². The monoisotopic (exact) mass is 267 g/mol. The Morgan fingerprint density at radius 1 is 0.947 bits per heavy atom. The zero-order valence-corrected chi connectivity index (χ0v) is 13.4. The van der Waals surface area contributed by atoms with E-state index in [1.165, 1.54) is 51.9 Å². The molecule has 0 aromatic heterocycles. The number of likely N-dealkylation sites (tertiary alicyclic amines) is 2. The number of nitrogens with two attached hydrogens (primary N) is 1. The predicted octanol–water partition coefficient (Wildman–Crippen LogP) is 2.31. The summed E-state index contributed by atoms with van der Waals surface area (Å²) >= 11 is 0. The summed E-state index contributed by atoms with van der Waals surface area (Å²) in [7, 11) is 0. The number of hydrogen-bond acceptors (Lipinski definition) is 3. The van der Waals surface area contributed by atoms with Crippen LogP contribution in [0.4, 0.5) is 0 Å². The SMILES string of the molecule is CC(C)N1CCC(CN)(N2CCC(C)(C)CC2)CC1. The van der Waals surface area contributed by atoms with E-state index in [2.05, 4.69) is 37.5 Å². The minimum absolute atomic E-state index is 0.294. The van der Waals surface area contributed by atoms with Crippen LogP contribution in [0.2, 0.25) is 0 Å². The predicted molar refractivity (Wildman–Crippen MR) is 82.3 cm³/mol. The van der Waals surface area contributed by atoms with Crippen molar-refractivity contribution in [1.29, 1.82) is 0 Å². The van der Waals surface area contributed by atoms with Crippen molar-refractivity contribution in [3.05, 3.63) is 0 Å². The van der Waals surface area contributed by atoms with E-state index in [0.717, 1.165) is 6.54 Å². The van der Waals surface area contributed by atoms with E-state index in [1.807, 2.05) is 0 Å². The van der Waals surface area contributed by atoms with Crippen molar-refractivity contribution < 1.29 is 0 Å². The molecule has 0 aromatic rings. The Kier molecular flexibility index (Phi) is 4.59. The van der Waals surface area contributed by atoms with Crippen LogP contribution in [0.1, 0.15) is 53.4 Å². The molecule has 2 aliphatic rings. The van der Waals surface area contributed by atoms with Crippen molar-refractivity contribution in [2.45, 2.75) is 65.0 Å². The molecular weight excluding hydrogens is 234 g/mol. The van der Waals surface area contributed by atoms with Gasteiger partial charge < -0.3 is 10.6 Å². The third-order valence-corrected chi connectivity index (χ3v) is 5.63. The molecule has 2 aliphatic heterocycles. The number of hydrogen-bond donors (Lipinski definition) is 1. The van der Waals surface area contributed by atoms with Gasteiger partial charge in [-0.05, 0) is 58.0 Å². The molecule has 19 heavy (non-hydrogen) atoms. The van der Waals surface area contributed by atoms with Gasteiger partial charge in [-0.3, -0.25) is 4.90 Å². The van der Waals surface area contributed by atoms with Gasteiger partial charge in [0.1, 0.15) is 0 Å². The molecule has 3 nitrogen and oxygen atoms in total. The first-order valence-electron chi connectivity index (χ1n) is 8.08. The van der Waals surface area contributed by atoms with Crippen molar-refractivity contribution >= 4 is 0 Å². The maximum atomic E-state index is 6.20. The fraction of sp³-hybridized carbons (Fsp3) is 1.00. The second-order valence-corrected chi connectivity index (χ2v) is 7.71. The summed E-state index contributed by atoms with van der Waals surface area (Å²) in [5.74, 6) is 0. The highest BCUT2D eigenvalue weighted by Crippen LogP contribution is 2.36. The van der Waals surface area contributed by atoms with Crippen LogP contribution in [0.25, 0.3) is 0 Å². The van der Waals surface area contributed by atoms with Gasteiger partial charge in [0, 0.05) is 31.2 Å². The van der Waals surface area contributed by atoms with Gasteiger partial charge in [0.25, 0.3) is 0 Å². The van der Waals surface area contributed by atoms with E-state index >= 15 is 0 Å². The Morgan fingerprint density at radius 3 is 1.89 bits per heavy atom. The van der Waals surface area contributed by atoms with E-state index in [4.69, 9.17) is 5.73 Å². The average Bonchev–Trinajstić information content (AvgIpc) is 2.38. The molecule has 0 saturated carbocycles. The molecule has 2 N–H and O–H groups in total. The van der Waals surface area contributed by atoms with Crippen molar-refractivity contribution in [2.75, 3.05) is 32.7 Å². The van der Waals surface area contributed by atoms with Gasteiger partial charge >= 0.3 is 0 Å². The molecule has 0 radical (unpaired) electrons. The standard InChI is InChI=1S/C16H33N3/c1-14(2)18-9-7-16(13-17,8-10-18)19-11-5-15(3,4)6-12-19/h14H,5-13,17H2,1-4H3. The molecule has 0 bridgehead atoms. The van der Waals surface area contributed by atoms with Gasteiger partial charge in [-0.2, -0.15) is 0 Å². The fourth-order valence-corrected chi connectivity index (χ4v) is 3.69. The first kappa shape index (κ1) is 15.3. The molecule has 3 heteroatoms. The Labute approximate surface area is 119 Å². The largest absolute Gasteiger partial charge is 0.329 e. The maximum Gasteiger partial charge on any atom is 0.0356 e. The highest BCUT2D eigenvalue weighted by Gasteiger charge is 2.41. The summed E-state index contributed by atoms with van der Waals surface area (Å²) < 4.78 is 0. The first-order chi connectivity index (χ1) is 8.88. The molecule has 0 aromatic carbocycles. The van der Waals surface area contributed by atoms with Gasteiger partial charge in [-0.1, -0.05) is 13.8 Å². The molecule has 0 atom stereocenters. The zero-order chi connectivity index (χ0) is 14.1. The molecule has 2 fully saturated rings. The van der Waals surface area contributed by atoms with Gasteiger partial charge in [0.2, 0.25) is 0 Å². The van der Waals surface area contributed by atoms with Crippen molar-refractivity contribution in [3.63, 3.8) is 0 Å². The highest BCUT2D eigenvalue weighted by atomic mass is 15.3. The van der Waals surface area contributed by atoms with Crippen LogP contribution >= 0.6 is 0 Å². The highest BCUT2D eigenvalue weighted by molar-refractivity contribution is 4.99. The van der Waals surface area contributed by atoms with E-state index in [9.17, 15) is 0 Å². The molecule has 2 saturated heterocycles. The minimum atomic E-state index is 0.294. The minimum Gasteiger partial charge on any atom is -0.329 e. The molecule has 0 spiro atoms. The summed E-state index contributed by atoms with van der Waals surface area (Å²) in [6.45, 7) is 15.2. The number of nitrogens with zero attached hydrogens (tertiary/aromatic N) is 2. The third-order valence-electron chi connectivity index (χ3n) is 5.63. The maximum absolute atomic E-state index is 6.20. The zero-order valence-electron chi connectivity index (χ0n) is 13.4. The molecule has 0 amide bonds. The molecule has 2 rings (SSSR count). The van der Waals surface area contributed by atoms with E-state index in [-0.39, 0.29) is 0 Å². The van der Waals surface area contributed by atoms with Gasteiger partial charge in [-0.15, -0.1) is 0 Å². The average molecular weight is 267 g/mol. The Bertz CT molecular complexity index is 280. The molecular formula is C16H33N3. The summed E-state index contributed by atoms with van der Waals surface area (Å²) in [4.78, 5) is 5.32. The summed E-state index contributed by atoms with van der Waals surface area (Å²) in [5, 5.41) is 0. The summed E-state index contributed by atoms with van der Waals surface area (Å²) in [6.07, 6.45) is 5.15. The van der Waals surface area contributed by atoms with Crippen LogP contribution < -0.4 is 5.73 Å². The fourth-order valence-electron chi connectivity index (χ4n) is 3.69. The molecule has 0 aliphatic carbocycles. The van der Waals surface area contributed by atoms with Crippen molar-refractivity contribution in [3.8, 4) is 0 Å². The van der Waals surface area contributed by atoms with Gasteiger partial charge in [0.15, 0.2) is 0 Å². The summed E-state index contributed by atoms with van der Waals surface area (Å²) in [6, 6.07) is 0.677. The smallest absolute Gasteiger partial charge is 0.0356 e. The third kappa shape index (κ3) is 3.32. The lowest BCUT2D eigenvalue weighted by atomic mass is 9.78. The Morgan fingerprint density at radius 2 is 1.47 bits per heavy atom. The quantitative estimate of drug-likeness (QED) is 0.852. The van der Waals surface area contributed by atoms with Crippen LogP contribution in [0.15, 0.2) is 0 Å². The normalized spacial score (nSPS) is 28.7.